The summed E-state index contributed by atoms with van der Waals surface area (Å²) in [7, 11) is 0. The zero-order chi connectivity index (χ0) is 22.6. The molecular formula is C22H23N3O6. The fourth-order valence-corrected chi connectivity index (χ4v) is 2.72. The Balaban J connectivity index is 2.26. The Morgan fingerprint density at radius 3 is 2.55 bits per heavy atom. The standard InChI is InChI=1S/C22H23N3O6/c1-15(6-11-20(27)25-29)21(18-4-2-3-5-19(18)30-13-12-26)31-22(28)24-17-9-7-16(14-23)8-10-17/h2-11,15,21,26,29H,12-13H2,1H3,(H,24,28)(H,25,27)/b11-6+/t15-,21+/m0/s1. The second-order valence-corrected chi connectivity index (χ2v) is 6.44. The van der Waals surface area contributed by atoms with Crippen LogP contribution in [0, 0.1) is 17.2 Å². The molecule has 2 atom stereocenters. The van der Waals surface area contributed by atoms with Crippen molar-refractivity contribution in [2.45, 2.75) is 13.0 Å². The van der Waals surface area contributed by atoms with Gasteiger partial charge in [0.15, 0.2) is 0 Å². The lowest BCUT2D eigenvalue weighted by atomic mass is 9.96. The van der Waals surface area contributed by atoms with E-state index < -0.39 is 24.0 Å². The Morgan fingerprint density at radius 2 is 1.90 bits per heavy atom. The second kappa shape index (κ2) is 12.0. The Morgan fingerprint density at radius 1 is 1.19 bits per heavy atom. The van der Waals surface area contributed by atoms with Crippen molar-refractivity contribution in [1.29, 1.82) is 5.26 Å². The van der Waals surface area contributed by atoms with Crippen LogP contribution in [0.1, 0.15) is 24.2 Å². The van der Waals surface area contributed by atoms with E-state index in [-0.39, 0.29) is 13.2 Å². The van der Waals surface area contributed by atoms with Gasteiger partial charge in [-0.25, -0.2) is 10.3 Å². The monoisotopic (exact) mass is 425 g/mol. The summed E-state index contributed by atoms with van der Waals surface area (Å²) in [5.41, 5.74) is 2.93. The molecule has 4 N–H and O–H groups in total. The summed E-state index contributed by atoms with van der Waals surface area (Å²) in [6, 6.07) is 15.1. The molecule has 0 spiro atoms. The van der Waals surface area contributed by atoms with Crippen LogP contribution in [0.5, 0.6) is 5.75 Å². The van der Waals surface area contributed by atoms with Crippen molar-refractivity contribution < 1.29 is 29.4 Å². The number of aliphatic hydroxyl groups is 1. The lowest BCUT2D eigenvalue weighted by molar-refractivity contribution is -0.124. The molecular weight excluding hydrogens is 402 g/mol. The van der Waals surface area contributed by atoms with Crippen LogP contribution in [0.4, 0.5) is 10.5 Å². The molecule has 0 bridgehead atoms. The topological polar surface area (TPSA) is 141 Å². The third kappa shape index (κ3) is 7.15. The summed E-state index contributed by atoms with van der Waals surface area (Å²) in [5, 5.41) is 29.2. The van der Waals surface area contributed by atoms with Gasteiger partial charge in [0.2, 0.25) is 0 Å². The van der Waals surface area contributed by atoms with E-state index in [2.05, 4.69) is 5.32 Å². The highest BCUT2D eigenvalue weighted by atomic mass is 16.6. The molecule has 0 aromatic heterocycles. The van der Waals surface area contributed by atoms with E-state index in [1.807, 2.05) is 6.07 Å². The van der Waals surface area contributed by atoms with Gasteiger partial charge in [-0.1, -0.05) is 31.2 Å². The molecule has 0 saturated heterocycles. The molecule has 31 heavy (non-hydrogen) atoms. The van der Waals surface area contributed by atoms with Gasteiger partial charge in [0.05, 0.1) is 18.2 Å². The molecule has 0 aliphatic heterocycles. The quantitative estimate of drug-likeness (QED) is 0.275. The predicted molar refractivity (Wildman–Crippen MR) is 111 cm³/mol. The SMILES string of the molecule is C[C@@H](/C=C/C(=O)NO)[C@@H](OC(=O)Nc1ccc(C#N)cc1)c1ccccc1OCCO. The van der Waals surface area contributed by atoms with E-state index in [0.717, 1.165) is 6.08 Å². The Kier molecular flexibility index (Phi) is 9.04. The molecule has 9 nitrogen and oxygen atoms in total. The van der Waals surface area contributed by atoms with Gasteiger partial charge in [-0.15, -0.1) is 0 Å². The van der Waals surface area contributed by atoms with Crippen LogP contribution in [0.15, 0.2) is 60.7 Å². The molecule has 0 fully saturated rings. The van der Waals surface area contributed by atoms with E-state index >= 15 is 0 Å². The first kappa shape index (κ1) is 23.4. The number of nitrogens with one attached hydrogen (secondary N) is 2. The number of amides is 2. The zero-order valence-electron chi connectivity index (χ0n) is 16.8. The van der Waals surface area contributed by atoms with Crippen LogP contribution < -0.4 is 15.5 Å². The smallest absolute Gasteiger partial charge is 0.412 e. The van der Waals surface area contributed by atoms with Crippen LogP contribution in [-0.2, 0) is 9.53 Å². The summed E-state index contributed by atoms with van der Waals surface area (Å²) in [4.78, 5) is 23.9. The van der Waals surface area contributed by atoms with Gasteiger partial charge >= 0.3 is 6.09 Å². The maximum absolute atomic E-state index is 12.6. The minimum Gasteiger partial charge on any atom is -0.491 e. The van der Waals surface area contributed by atoms with E-state index in [9.17, 15) is 9.59 Å². The van der Waals surface area contributed by atoms with Gasteiger partial charge in [0.25, 0.3) is 5.91 Å². The van der Waals surface area contributed by atoms with Crippen LogP contribution >= 0.6 is 0 Å². The average molecular weight is 425 g/mol. The maximum atomic E-state index is 12.6. The number of anilines is 1. The highest BCUT2D eigenvalue weighted by molar-refractivity contribution is 5.86. The highest BCUT2D eigenvalue weighted by Gasteiger charge is 2.25. The van der Waals surface area contributed by atoms with Gasteiger partial charge in [-0.2, -0.15) is 5.26 Å². The number of carbonyl (C=O) groups excluding carboxylic acids is 2. The van der Waals surface area contributed by atoms with E-state index in [0.29, 0.717) is 22.6 Å². The summed E-state index contributed by atoms with van der Waals surface area (Å²) in [6.07, 6.45) is 1.000. The van der Waals surface area contributed by atoms with Crippen LogP contribution in [0.3, 0.4) is 0 Å². The van der Waals surface area contributed by atoms with Gasteiger partial charge < -0.3 is 14.6 Å². The van der Waals surface area contributed by atoms with Crippen LogP contribution in [0.25, 0.3) is 0 Å². The molecule has 0 saturated carbocycles. The van der Waals surface area contributed by atoms with Crippen LogP contribution in [-0.4, -0.2) is 35.5 Å². The second-order valence-electron chi connectivity index (χ2n) is 6.44. The molecule has 0 heterocycles. The van der Waals surface area contributed by atoms with Crippen LogP contribution in [0.2, 0.25) is 0 Å². The van der Waals surface area contributed by atoms with Gasteiger partial charge in [-0.3, -0.25) is 15.3 Å². The number of hydrogen-bond acceptors (Lipinski definition) is 7. The predicted octanol–water partition coefficient (Wildman–Crippen LogP) is 2.92. The number of carbonyl (C=O) groups is 2. The molecule has 2 rings (SSSR count). The Labute approximate surface area is 179 Å². The molecule has 0 aliphatic rings. The minimum atomic E-state index is -0.851. The number of nitriles is 1. The number of nitrogens with zero attached hydrogens (tertiary/aromatic N) is 1. The van der Waals surface area contributed by atoms with Crippen molar-refractivity contribution in [3.05, 3.63) is 71.8 Å². The van der Waals surface area contributed by atoms with Crippen molar-refractivity contribution in [3.8, 4) is 11.8 Å². The third-order valence-electron chi connectivity index (χ3n) is 4.21. The van der Waals surface area contributed by atoms with Crippen molar-refractivity contribution in [2.24, 2.45) is 5.92 Å². The number of ether oxygens (including phenoxy) is 2. The third-order valence-corrected chi connectivity index (χ3v) is 4.21. The number of para-hydroxylation sites is 1. The molecule has 2 aromatic rings. The maximum Gasteiger partial charge on any atom is 0.412 e. The summed E-state index contributed by atoms with van der Waals surface area (Å²) in [6.45, 7) is 1.59. The Hall–Kier alpha value is -3.87. The van der Waals surface area contributed by atoms with Crippen molar-refractivity contribution >= 4 is 17.7 Å². The summed E-state index contributed by atoms with van der Waals surface area (Å²) < 4.78 is 11.2. The molecule has 0 unspecified atom stereocenters. The van der Waals surface area contributed by atoms with E-state index in [1.54, 1.807) is 55.5 Å². The number of aliphatic hydroxyl groups excluding tert-OH is 1. The fraction of sp³-hybridized carbons (Fsp3) is 0.227. The summed E-state index contributed by atoms with van der Waals surface area (Å²) >= 11 is 0. The minimum absolute atomic E-state index is 0.0539. The molecule has 0 radical (unpaired) electrons. The van der Waals surface area contributed by atoms with E-state index in [1.165, 1.54) is 11.6 Å². The number of hydroxylamine groups is 1. The molecule has 0 aliphatic carbocycles. The first-order valence-electron chi connectivity index (χ1n) is 9.41. The molecule has 9 heteroatoms. The van der Waals surface area contributed by atoms with E-state index in [4.69, 9.17) is 25.0 Å². The zero-order valence-corrected chi connectivity index (χ0v) is 16.8. The molecule has 2 aromatic carbocycles. The first-order valence-corrected chi connectivity index (χ1v) is 9.41. The van der Waals surface area contributed by atoms with Gasteiger partial charge in [0, 0.05) is 23.2 Å². The number of rotatable bonds is 9. The molecule has 2 amide bonds. The van der Waals surface area contributed by atoms with Crippen molar-refractivity contribution in [2.75, 3.05) is 18.5 Å². The van der Waals surface area contributed by atoms with Gasteiger partial charge in [-0.05, 0) is 30.3 Å². The van der Waals surface area contributed by atoms with Crippen molar-refractivity contribution in [3.63, 3.8) is 0 Å². The molecule has 162 valence electrons. The highest BCUT2D eigenvalue weighted by Crippen LogP contribution is 2.34. The lowest BCUT2D eigenvalue weighted by Crippen LogP contribution is -2.22. The summed E-state index contributed by atoms with van der Waals surface area (Å²) in [5.74, 6) is -0.792. The first-order chi connectivity index (χ1) is 15.0. The largest absolute Gasteiger partial charge is 0.491 e. The lowest BCUT2D eigenvalue weighted by Gasteiger charge is -2.24. The average Bonchev–Trinajstić information content (AvgIpc) is 2.80. The number of benzene rings is 2. The normalized spacial score (nSPS) is 12.5. The van der Waals surface area contributed by atoms with Crippen molar-refractivity contribution in [1.82, 2.24) is 5.48 Å². The van der Waals surface area contributed by atoms with Gasteiger partial charge in [0.1, 0.15) is 18.5 Å². The fourth-order valence-electron chi connectivity index (χ4n) is 2.72. The number of hydrogen-bond donors (Lipinski definition) is 4. The Bertz CT molecular complexity index is 952.